The normalized spacial score (nSPS) is 17.0. The summed E-state index contributed by atoms with van der Waals surface area (Å²) in [4.78, 5) is 14.8. The molecule has 1 saturated carbocycles. The molecule has 1 amide bonds. The highest BCUT2D eigenvalue weighted by Gasteiger charge is 2.50. The van der Waals surface area contributed by atoms with E-state index in [2.05, 4.69) is 4.72 Å². The Morgan fingerprint density at radius 3 is 2.29 bits per heavy atom. The second kappa shape index (κ2) is 14.6. The number of piperidine rings is 1. The number of carbonyl (C=O) groups excluding carboxylic acids is 1. The second-order valence-electron chi connectivity index (χ2n) is 12.7. The van der Waals surface area contributed by atoms with Crippen LogP contribution in [0.2, 0.25) is 5.02 Å². The Morgan fingerprint density at radius 2 is 1.59 bits per heavy atom. The molecule has 2 fully saturated rings. The molecule has 0 radical (unpaired) electrons. The molecule has 8 nitrogen and oxygen atoms in total. The van der Waals surface area contributed by atoms with Gasteiger partial charge < -0.3 is 20.1 Å². The van der Waals surface area contributed by atoms with Crippen molar-refractivity contribution in [2.24, 2.45) is 5.73 Å². The first-order valence-electron chi connectivity index (χ1n) is 16.6. The van der Waals surface area contributed by atoms with Crippen LogP contribution in [0.3, 0.4) is 0 Å². The number of amides is 1. The fourth-order valence-electron chi connectivity index (χ4n) is 6.45. The fraction of sp³-hybridized carbons (Fsp3) is 0.378. The summed E-state index contributed by atoms with van der Waals surface area (Å²) in [6.07, 6.45) is 5.26. The van der Waals surface area contributed by atoms with Gasteiger partial charge in [0.25, 0.3) is 5.92 Å². The maximum Gasteiger partial charge on any atom is 0.298 e. The minimum Gasteiger partial charge on any atom is -0.492 e. The molecule has 4 aromatic rings. The highest BCUT2D eigenvalue weighted by atomic mass is 35.5. The third-order valence-corrected chi connectivity index (χ3v) is 11.0. The predicted octanol–water partition coefficient (Wildman–Crippen LogP) is 7.27. The zero-order valence-electron chi connectivity index (χ0n) is 27.2. The van der Waals surface area contributed by atoms with Crippen LogP contribution in [0, 0.1) is 0 Å². The third kappa shape index (κ3) is 7.85. The highest BCUT2D eigenvalue weighted by Crippen LogP contribution is 2.37. The largest absolute Gasteiger partial charge is 0.492 e. The number of nitrogens with one attached hydrogen (secondary N) is 1. The van der Waals surface area contributed by atoms with Gasteiger partial charge in [-0.15, -0.1) is 0 Å². The Bertz CT molecular complexity index is 1910. The number of benzene rings is 4. The van der Waals surface area contributed by atoms with Crippen molar-refractivity contribution >= 4 is 38.3 Å². The van der Waals surface area contributed by atoms with E-state index in [4.69, 9.17) is 26.8 Å². The van der Waals surface area contributed by atoms with Crippen LogP contribution in [0.25, 0.3) is 21.9 Å². The van der Waals surface area contributed by atoms with Crippen LogP contribution in [0.1, 0.15) is 51.0 Å². The van der Waals surface area contributed by atoms with Crippen LogP contribution in [0.5, 0.6) is 11.5 Å². The average Bonchev–Trinajstić information content (AvgIpc) is 3.61. The lowest BCUT2D eigenvalue weighted by Gasteiger charge is -2.35. The summed E-state index contributed by atoms with van der Waals surface area (Å²) in [5.74, 6) is -3.78. The number of halogens is 3. The number of rotatable bonds is 11. The number of hydrogen-bond donors (Lipinski definition) is 2. The van der Waals surface area contributed by atoms with E-state index in [0.717, 1.165) is 31.1 Å². The number of nitrogens with two attached hydrogens (primary N) is 1. The monoisotopic (exact) mass is 711 g/mol. The molecule has 0 spiro atoms. The van der Waals surface area contributed by atoms with E-state index in [1.165, 1.54) is 41.3 Å². The van der Waals surface area contributed by atoms with Crippen molar-refractivity contribution in [3.63, 3.8) is 0 Å². The summed E-state index contributed by atoms with van der Waals surface area (Å²) in [7, 11) is -4.59. The number of likely N-dealkylation sites (tertiary alicyclic amines) is 1. The molecular formula is C37H40ClF2N3O5S. The van der Waals surface area contributed by atoms with E-state index in [1.807, 2.05) is 13.0 Å². The van der Waals surface area contributed by atoms with Crippen molar-refractivity contribution < 1.29 is 31.5 Å². The summed E-state index contributed by atoms with van der Waals surface area (Å²) < 4.78 is 74.3. The van der Waals surface area contributed by atoms with Crippen LogP contribution in [-0.2, 0) is 20.7 Å². The Kier molecular flexibility index (Phi) is 10.5. The van der Waals surface area contributed by atoms with Gasteiger partial charge >= 0.3 is 0 Å². The maximum atomic E-state index is 16.5. The van der Waals surface area contributed by atoms with E-state index >= 15 is 8.78 Å². The summed E-state index contributed by atoms with van der Waals surface area (Å²) >= 11 is 6.22. The molecule has 0 unspecified atom stereocenters. The summed E-state index contributed by atoms with van der Waals surface area (Å²) in [6, 6.07) is 17.7. The molecule has 1 atom stereocenters. The molecule has 1 heterocycles. The quantitative estimate of drug-likeness (QED) is 0.169. The maximum absolute atomic E-state index is 16.5. The Balaban J connectivity index is 1.29. The Hall–Kier alpha value is -3.77. The van der Waals surface area contributed by atoms with Gasteiger partial charge in [0.2, 0.25) is 15.9 Å². The number of hydrogen-bond acceptors (Lipinski definition) is 6. The van der Waals surface area contributed by atoms with E-state index in [9.17, 15) is 13.2 Å². The number of sulfonamides is 1. The Labute approximate surface area is 290 Å². The van der Waals surface area contributed by atoms with E-state index < -0.39 is 33.5 Å². The molecule has 12 heteroatoms. The lowest BCUT2D eigenvalue weighted by molar-refractivity contribution is -0.145. The van der Waals surface area contributed by atoms with Crippen molar-refractivity contribution in [2.45, 2.75) is 74.5 Å². The Morgan fingerprint density at radius 1 is 0.939 bits per heavy atom. The lowest BCUT2D eigenvalue weighted by Crippen LogP contribution is -2.57. The molecule has 6 rings (SSSR count). The van der Waals surface area contributed by atoms with Crippen molar-refractivity contribution in [1.82, 2.24) is 9.62 Å². The summed E-state index contributed by atoms with van der Waals surface area (Å²) in [6.45, 7) is 2.52. The fourth-order valence-corrected chi connectivity index (χ4v) is 7.84. The lowest BCUT2D eigenvalue weighted by atomic mass is 9.96. The van der Waals surface area contributed by atoms with Gasteiger partial charge in [-0.3, -0.25) is 4.79 Å². The molecule has 0 bridgehead atoms. The van der Waals surface area contributed by atoms with E-state index in [1.54, 1.807) is 36.4 Å². The van der Waals surface area contributed by atoms with Gasteiger partial charge in [0.05, 0.1) is 22.6 Å². The van der Waals surface area contributed by atoms with Gasteiger partial charge in [-0.1, -0.05) is 54.1 Å². The van der Waals surface area contributed by atoms with Gasteiger partial charge in [-0.25, -0.2) is 8.42 Å². The molecule has 1 aliphatic heterocycles. The topological polar surface area (TPSA) is 111 Å². The van der Waals surface area contributed by atoms with Crippen LogP contribution < -0.4 is 19.9 Å². The third-order valence-electron chi connectivity index (χ3n) is 9.27. The van der Waals surface area contributed by atoms with Crippen molar-refractivity contribution in [1.29, 1.82) is 0 Å². The van der Waals surface area contributed by atoms with Crippen LogP contribution in [-0.4, -0.2) is 57.1 Å². The minimum absolute atomic E-state index is 0.146. The predicted molar refractivity (Wildman–Crippen MR) is 187 cm³/mol. The van der Waals surface area contributed by atoms with Gasteiger partial charge in [-0.05, 0) is 104 Å². The molecular weight excluding hydrogens is 672 g/mol. The van der Waals surface area contributed by atoms with Crippen molar-refractivity contribution in [2.75, 3.05) is 19.7 Å². The average molecular weight is 712 g/mol. The van der Waals surface area contributed by atoms with E-state index in [-0.39, 0.29) is 30.1 Å². The standard InChI is InChI=1S/C37H40ClF2N3O5S/c1-2-47-34-23-27(11-16-33(34)38)24-7-12-28(13-8-24)37(39,40)35(36(44)43-19-17-29(41)18-20-43)42-49(45,46)32-15-10-25-21-31(14-9-26(25)22-32)48-30-5-3-4-6-30/h7-16,21-23,29-30,35,42H,2-6,17-20,41H2,1H3/t35-/m1/s1. The van der Waals surface area contributed by atoms with Crippen LogP contribution >= 0.6 is 11.6 Å². The van der Waals surface area contributed by atoms with Gasteiger partial charge in [0, 0.05) is 24.7 Å². The first-order valence-corrected chi connectivity index (χ1v) is 18.5. The van der Waals surface area contributed by atoms with Crippen LogP contribution in [0.4, 0.5) is 8.78 Å². The first kappa shape index (κ1) is 35.1. The number of nitrogens with zero attached hydrogens (tertiary/aromatic N) is 1. The SMILES string of the molecule is CCOc1cc(-c2ccc(C(F)(F)[C@H](NS(=O)(=O)c3ccc4cc(OC5CCCC5)ccc4c3)C(=O)N3CCC(N)CC3)cc2)ccc1Cl. The van der Waals surface area contributed by atoms with Gasteiger partial charge in [-0.2, -0.15) is 13.5 Å². The number of fused-ring (bicyclic) bond motifs is 1. The molecule has 0 aromatic heterocycles. The smallest absolute Gasteiger partial charge is 0.298 e. The summed E-state index contributed by atoms with van der Waals surface area (Å²) in [5.41, 5.74) is 6.78. The summed E-state index contributed by atoms with van der Waals surface area (Å²) in [5, 5.41) is 1.75. The van der Waals surface area contributed by atoms with Gasteiger partial charge in [0.15, 0.2) is 6.04 Å². The molecule has 3 N–H and O–H groups in total. The number of carbonyl (C=O) groups is 1. The second-order valence-corrected chi connectivity index (χ2v) is 14.8. The van der Waals surface area contributed by atoms with Gasteiger partial charge in [0.1, 0.15) is 11.5 Å². The molecule has 1 saturated heterocycles. The molecule has 4 aromatic carbocycles. The number of alkyl halides is 2. The van der Waals surface area contributed by atoms with Crippen LogP contribution in [0.15, 0.2) is 83.8 Å². The number of ether oxygens (including phenoxy) is 2. The zero-order valence-corrected chi connectivity index (χ0v) is 28.8. The molecule has 1 aliphatic carbocycles. The first-order chi connectivity index (χ1) is 23.4. The van der Waals surface area contributed by atoms with E-state index in [0.29, 0.717) is 52.5 Å². The molecule has 2 aliphatic rings. The zero-order chi connectivity index (χ0) is 34.8. The molecule has 260 valence electrons. The van der Waals surface area contributed by atoms with Crippen molar-refractivity contribution in [3.05, 3.63) is 89.4 Å². The highest BCUT2D eigenvalue weighted by molar-refractivity contribution is 7.89. The molecule has 49 heavy (non-hydrogen) atoms. The van der Waals surface area contributed by atoms with Crippen molar-refractivity contribution in [3.8, 4) is 22.6 Å². The minimum atomic E-state index is -4.59.